The quantitative estimate of drug-likeness (QED) is 0.242. The Morgan fingerprint density at radius 2 is 1.08 bits per heavy atom. The van der Waals surface area contributed by atoms with Gasteiger partial charge in [0.25, 0.3) is 0 Å². The first-order chi connectivity index (χ1) is 16.9. The van der Waals surface area contributed by atoms with Crippen molar-refractivity contribution >= 4 is 29.7 Å². The fraction of sp³-hybridized carbons (Fsp3) is 0.783. The third-order valence-corrected chi connectivity index (χ3v) is 6.17. The van der Waals surface area contributed by atoms with E-state index in [1.54, 1.807) is 19.6 Å². The molecule has 0 radical (unpaired) electrons. The Morgan fingerprint density at radius 1 is 0.667 bits per heavy atom. The lowest BCUT2D eigenvalue weighted by Crippen LogP contribution is -2.53. The number of nitrogens with zero attached hydrogens (tertiary/aromatic N) is 4. The molecule has 13 heteroatoms. The summed E-state index contributed by atoms with van der Waals surface area (Å²) in [6.45, 7) is 4.15. The molecule has 206 valence electrons. The average Bonchev–Trinajstić information content (AvgIpc) is 2.74. The van der Waals surface area contributed by atoms with E-state index in [2.05, 4.69) is 0 Å². The van der Waals surface area contributed by atoms with Gasteiger partial charge in [-0.05, 0) is 12.8 Å². The molecule has 0 amide bonds. The van der Waals surface area contributed by atoms with Crippen molar-refractivity contribution in [3.05, 3.63) is 0 Å². The number of carbonyl (C=O) groups is 5. The van der Waals surface area contributed by atoms with Crippen LogP contribution in [-0.4, -0.2) is 148 Å². The predicted octanol–water partition coefficient (Wildman–Crippen LogP) is -0.690. The topological polar surface area (TPSA) is 179 Å². The van der Waals surface area contributed by atoms with Gasteiger partial charge in [-0.2, -0.15) is 0 Å². The third kappa shape index (κ3) is 13.5. The molecule has 0 aromatic rings. The molecule has 1 heterocycles. The van der Waals surface area contributed by atoms with Crippen LogP contribution in [0.3, 0.4) is 0 Å². The minimum Gasteiger partial charge on any atom is -0.480 e. The smallest absolute Gasteiger partial charge is 0.317 e. The highest BCUT2D eigenvalue weighted by atomic mass is 16.4. The van der Waals surface area contributed by atoms with Crippen molar-refractivity contribution in [3.8, 4) is 0 Å². The number of hydrogen-bond acceptors (Lipinski definition) is 9. The van der Waals surface area contributed by atoms with Crippen molar-refractivity contribution in [2.45, 2.75) is 39.2 Å². The van der Waals surface area contributed by atoms with Crippen molar-refractivity contribution < 1.29 is 44.4 Å². The molecule has 0 aromatic heterocycles. The second kappa shape index (κ2) is 16.2. The Labute approximate surface area is 211 Å². The number of carbonyl (C=O) groups excluding carboxylic acids is 1. The van der Waals surface area contributed by atoms with Crippen molar-refractivity contribution in [2.24, 2.45) is 5.92 Å². The molecule has 1 saturated heterocycles. The molecule has 0 spiro atoms. The normalized spacial score (nSPS) is 19.9. The van der Waals surface area contributed by atoms with Gasteiger partial charge in [-0.25, -0.2) is 0 Å². The number of hydrogen-bond donors (Lipinski definition) is 4. The minimum atomic E-state index is -1.06. The first kappa shape index (κ1) is 31.4. The first-order valence-electron chi connectivity index (χ1n) is 12.2. The fourth-order valence-electron chi connectivity index (χ4n) is 4.24. The van der Waals surface area contributed by atoms with Crippen molar-refractivity contribution in [1.82, 2.24) is 19.6 Å². The standard InChI is InChI=1S/C23H40N4O9/c1-17(2)19(28)5-3-4-18-12-26(15-22(33)34)9-8-24(13-20(29)30)6-7-25(14-21(31)32)10-11-27(18)16-23(35)36/h17-18H,3-16H2,1-2H3,(H,29,30)(H,31,32)(H,33,34)(H,35,36). The number of carboxylic acid groups (broad SMARTS) is 4. The zero-order valence-corrected chi connectivity index (χ0v) is 21.2. The fourth-order valence-corrected chi connectivity index (χ4v) is 4.24. The summed E-state index contributed by atoms with van der Waals surface area (Å²) >= 11 is 0. The van der Waals surface area contributed by atoms with Gasteiger partial charge in [0.1, 0.15) is 5.78 Å². The summed E-state index contributed by atoms with van der Waals surface area (Å²) in [5.41, 5.74) is 0. The van der Waals surface area contributed by atoms with Crippen molar-refractivity contribution in [1.29, 1.82) is 0 Å². The zero-order valence-electron chi connectivity index (χ0n) is 21.2. The van der Waals surface area contributed by atoms with Crippen LogP contribution in [0.5, 0.6) is 0 Å². The second-order valence-electron chi connectivity index (χ2n) is 9.50. The first-order valence-corrected chi connectivity index (χ1v) is 12.2. The van der Waals surface area contributed by atoms with E-state index in [0.29, 0.717) is 19.3 Å². The van der Waals surface area contributed by atoms with Gasteiger partial charge < -0.3 is 20.4 Å². The largest absolute Gasteiger partial charge is 0.480 e. The van der Waals surface area contributed by atoms with E-state index in [-0.39, 0.29) is 89.7 Å². The van der Waals surface area contributed by atoms with Crippen LogP contribution in [0.1, 0.15) is 33.1 Å². The molecule has 0 aromatic carbocycles. The number of carboxylic acids is 4. The Bertz CT molecular complexity index is 762. The summed E-state index contributed by atoms with van der Waals surface area (Å²) in [4.78, 5) is 64.7. The highest BCUT2D eigenvalue weighted by molar-refractivity contribution is 5.80. The van der Waals surface area contributed by atoms with Gasteiger partial charge in [0.15, 0.2) is 0 Å². The minimum absolute atomic E-state index is 0.0901. The molecule has 1 aliphatic heterocycles. The molecule has 0 saturated carbocycles. The molecular weight excluding hydrogens is 476 g/mol. The molecule has 1 unspecified atom stereocenters. The predicted molar refractivity (Wildman–Crippen MR) is 129 cm³/mol. The van der Waals surface area contributed by atoms with Crippen LogP contribution in [0.25, 0.3) is 0 Å². The molecular formula is C23H40N4O9. The maximum absolute atomic E-state index is 12.1. The summed E-state index contributed by atoms with van der Waals surface area (Å²) in [5.74, 6) is -4.24. The van der Waals surface area contributed by atoms with Gasteiger partial charge in [0.2, 0.25) is 0 Å². The van der Waals surface area contributed by atoms with E-state index in [0.717, 1.165) is 0 Å². The average molecular weight is 517 g/mol. The van der Waals surface area contributed by atoms with Gasteiger partial charge >= 0.3 is 23.9 Å². The lowest BCUT2D eigenvalue weighted by atomic mass is 10.00. The van der Waals surface area contributed by atoms with Crippen LogP contribution >= 0.6 is 0 Å². The molecule has 1 fully saturated rings. The Morgan fingerprint density at radius 3 is 1.53 bits per heavy atom. The van der Waals surface area contributed by atoms with Gasteiger partial charge in [0, 0.05) is 64.2 Å². The number of rotatable bonds is 13. The molecule has 1 rings (SSSR count). The summed E-state index contributed by atoms with van der Waals surface area (Å²) in [5, 5.41) is 37.5. The Kier molecular flexibility index (Phi) is 14.1. The van der Waals surface area contributed by atoms with E-state index in [1.807, 2.05) is 13.8 Å². The van der Waals surface area contributed by atoms with E-state index >= 15 is 0 Å². The van der Waals surface area contributed by atoms with Crippen molar-refractivity contribution in [3.63, 3.8) is 0 Å². The highest BCUT2D eigenvalue weighted by Crippen LogP contribution is 2.14. The lowest BCUT2D eigenvalue weighted by molar-refractivity contribution is -0.142. The zero-order chi connectivity index (χ0) is 27.3. The third-order valence-electron chi connectivity index (χ3n) is 6.17. The monoisotopic (exact) mass is 516 g/mol. The summed E-state index contributed by atoms with van der Waals surface area (Å²) < 4.78 is 0. The molecule has 0 bridgehead atoms. The van der Waals surface area contributed by atoms with E-state index < -0.39 is 23.9 Å². The Hall–Kier alpha value is -2.61. The molecule has 4 N–H and O–H groups in total. The number of Topliss-reactive ketones (excluding diaryl/α,β-unsaturated/α-hetero) is 1. The summed E-state index contributed by atoms with van der Waals surface area (Å²) in [6, 6.07) is -0.389. The number of aliphatic carboxylic acids is 4. The van der Waals surface area contributed by atoms with Crippen LogP contribution in [0, 0.1) is 5.92 Å². The van der Waals surface area contributed by atoms with E-state index in [4.69, 9.17) is 0 Å². The van der Waals surface area contributed by atoms with Gasteiger partial charge in [-0.3, -0.25) is 43.6 Å². The maximum atomic E-state index is 12.1. The molecule has 1 atom stereocenters. The van der Waals surface area contributed by atoms with Crippen LogP contribution < -0.4 is 0 Å². The second-order valence-corrected chi connectivity index (χ2v) is 9.50. The van der Waals surface area contributed by atoms with Gasteiger partial charge in [-0.1, -0.05) is 13.8 Å². The summed E-state index contributed by atoms with van der Waals surface area (Å²) in [7, 11) is 0. The van der Waals surface area contributed by atoms with Crippen molar-refractivity contribution in [2.75, 3.05) is 72.0 Å². The summed E-state index contributed by atoms with van der Waals surface area (Å²) in [6.07, 6.45) is 1.29. The SMILES string of the molecule is CC(C)C(=O)CCCC1CN(CC(=O)O)CCN(CC(=O)O)CCN(CC(=O)O)CCN1CC(=O)O. The van der Waals surface area contributed by atoms with E-state index in [1.165, 1.54) is 0 Å². The van der Waals surface area contributed by atoms with E-state index in [9.17, 15) is 44.4 Å². The van der Waals surface area contributed by atoms with Gasteiger partial charge in [0.05, 0.1) is 26.2 Å². The molecule has 13 nitrogen and oxygen atoms in total. The molecule has 1 aliphatic rings. The van der Waals surface area contributed by atoms with Crippen LogP contribution in [-0.2, 0) is 24.0 Å². The maximum Gasteiger partial charge on any atom is 0.317 e. The molecule has 0 aliphatic carbocycles. The highest BCUT2D eigenvalue weighted by Gasteiger charge is 2.27. The van der Waals surface area contributed by atoms with Crippen LogP contribution in [0.15, 0.2) is 0 Å². The van der Waals surface area contributed by atoms with Crippen LogP contribution in [0.4, 0.5) is 0 Å². The molecule has 36 heavy (non-hydrogen) atoms. The lowest BCUT2D eigenvalue weighted by Gasteiger charge is -2.37. The number of ketones is 1. The Balaban J connectivity index is 3.21. The van der Waals surface area contributed by atoms with Gasteiger partial charge in [-0.15, -0.1) is 0 Å². The van der Waals surface area contributed by atoms with Crippen LogP contribution in [0.2, 0.25) is 0 Å².